The third kappa shape index (κ3) is 11.7. The highest BCUT2D eigenvalue weighted by atomic mass is 16.5. The molecule has 10 heteroatoms. The van der Waals surface area contributed by atoms with Gasteiger partial charge in [-0.3, -0.25) is 24.0 Å². The highest BCUT2D eigenvalue weighted by Gasteiger charge is 2.40. The van der Waals surface area contributed by atoms with Crippen molar-refractivity contribution in [3.63, 3.8) is 0 Å². The largest absolute Gasteiger partial charge is 0.497 e. The van der Waals surface area contributed by atoms with Crippen LogP contribution in [0.25, 0.3) is 0 Å². The van der Waals surface area contributed by atoms with Crippen LogP contribution in [-0.2, 0) is 35.1 Å². The molecule has 0 radical (unpaired) electrons. The van der Waals surface area contributed by atoms with E-state index in [4.69, 9.17) is 9.47 Å². The number of carbonyl (C=O) groups excluding carboxylic acids is 5. The van der Waals surface area contributed by atoms with Crippen molar-refractivity contribution in [2.24, 2.45) is 17.8 Å². The van der Waals surface area contributed by atoms with Crippen molar-refractivity contribution in [3.05, 3.63) is 66.3 Å². The Labute approximate surface area is 293 Å². The molecule has 1 aliphatic rings. The van der Waals surface area contributed by atoms with Gasteiger partial charge in [0.15, 0.2) is 6.10 Å². The van der Waals surface area contributed by atoms with Gasteiger partial charge in [-0.15, -0.1) is 0 Å². The molecule has 10 nitrogen and oxygen atoms in total. The van der Waals surface area contributed by atoms with Crippen LogP contribution in [0.4, 0.5) is 0 Å². The third-order valence-corrected chi connectivity index (χ3v) is 9.12. The molecule has 3 amide bonds. The number of benzene rings is 1. The number of ketones is 1. The molecule has 0 saturated carbocycles. The van der Waals surface area contributed by atoms with E-state index >= 15 is 0 Å². The lowest BCUT2D eigenvalue weighted by molar-refractivity contribution is -0.156. The van der Waals surface area contributed by atoms with E-state index in [0.29, 0.717) is 44.3 Å². The zero-order valence-corrected chi connectivity index (χ0v) is 30.8. The van der Waals surface area contributed by atoms with Crippen LogP contribution in [0.5, 0.6) is 5.75 Å². The van der Waals surface area contributed by atoms with Gasteiger partial charge in [-0.2, -0.15) is 0 Å². The van der Waals surface area contributed by atoms with Crippen molar-refractivity contribution < 1.29 is 33.4 Å². The molecule has 0 spiro atoms. The number of amides is 3. The van der Waals surface area contributed by atoms with Crippen LogP contribution in [0.1, 0.15) is 79.2 Å². The normalized spacial score (nSPS) is 16.0. The molecular formula is C39H57N3O7. The zero-order valence-electron chi connectivity index (χ0n) is 30.8. The molecular weight excluding hydrogens is 622 g/mol. The summed E-state index contributed by atoms with van der Waals surface area (Å²) in [7, 11) is 3.34. The number of Topliss-reactive ketones (excluding diaryl/α,β-unsaturated/α-hetero) is 1. The van der Waals surface area contributed by atoms with Crippen molar-refractivity contribution in [1.29, 1.82) is 0 Å². The number of hydrogen-bond acceptors (Lipinski definition) is 7. The van der Waals surface area contributed by atoms with Crippen molar-refractivity contribution in [2.45, 2.75) is 98.3 Å². The summed E-state index contributed by atoms with van der Waals surface area (Å²) in [5, 5.41) is 2.71. The Hall–Kier alpha value is -4.21. The van der Waals surface area contributed by atoms with Crippen molar-refractivity contribution in [3.8, 4) is 5.75 Å². The standard InChI is InChI=1S/C39H57N3O7/c1-12-26(6)28(8)27(7)23-34(43)49-36(25(4)5)35(44)29(9)37(45)40-32(22-24(2)3)38(46)42-20-13-14-33(42)39(47)41(10)21-19-30-15-17-31(48-11)18-16-30/h15-18,24-26,32-33,36H,7-9,12-14,19-23H2,1-6,10-11H3,(H,40,45)/t26-,32-,33-,36-/m0/s1. The van der Waals surface area contributed by atoms with Crippen LogP contribution in [0, 0.1) is 17.8 Å². The Morgan fingerprint density at radius 2 is 1.65 bits per heavy atom. The molecule has 2 rings (SSSR count). The molecule has 270 valence electrons. The number of carbonyl (C=O) groups is 5. The van der Waals surface area contributed by atoms with Crippen molar-refractivity contribution >= 4 is 29.5 Å². The first-order chi connectivity index (χ1) is 23.0. The smallest absolute Gasteiger partial charge is 0.310 e. The Kier molecular flexibility index (Phi) is 16.0. The number of esters is 1. The maximum absolute atomic E-state index is 13.9. The van der Waals surface area contributed by atoms with Gasteiger partial charge >= 0.3 is 5.97 Å². The van der Waals surface area contributed by atoms with E-state index in [9.17, 15) is 24.0 Å². The summed E-state index contributed by atoms with van der Waals surface area (Å²) in [5.41, 5.74) is 1.92. The number of methoxy groups -OCH3 is 1. The van der Waals surface area contributed by atoms with Gasteiger partial charge in [-0.05, 0) is 78.7 Å². The van der Waals surface area contributed by atoms with Gasteiger partial charge < -0.3 is 24.6 Å². The van der Waals surface area contributed by atoms with Crippen LogP contribution in [0.3, 0.4) is 0 Å². The molecule has 0 unspecified atom stereocenters. The average molecular weight is 680 g/mol. The van der Waals surface area contributed by atoms with Gasteiger partial charge in [0.25, 0.3) is 5.91 Å². The first kappa shape index (κ1) is 41.0. The summed E-state index contributed by atoms with van der Waals surface area (Å²) in [6.07, 6.45) is 1.57. The molecule has 0 aliphatic carbocycles. The molecule has 1 aromatic carbocycles. The Morgan fingerprint density at radius 1 is 1.02 bits per heavy atom. The van der Waals surface area contributed by atoms with E-state index < -0.39 is 47.3 Å². The van der Waals surface area contributed by atoms with E-state index in [1.54, 1.807) is 37.8 Å². The Bertz CT molecular complexity index is 1380. The second kappa shape index (κ2) is 19.1. The Balaban J connectivity index is 2.11. The molecule has 0 bridgehead atoms. The SMILES string of the molecule is C=C(CC(=O)O[C@H](C(=O)C(=C)C(=O)N[C@@H](CC(C)C)C(=O)N1CCC[C@H]1C(=O)N(C)CCc1ccc(OC)cc1)C(C)C)C(=C)[C@@H](C)CC. The number of likely N-dealkylation sites (N-methyl/N-ethyl adjacent to an activating group) is 1. The summed E-state index contributed by atoms with van der Waals surface area (Å²) in [6.45, 7) is 23.8. The van der Waals surface area contributed by atoms with Crippen LogP contribution < -0.4 is 10.1 Å². The fourth-order valence-corrected chi connectivity index (χ4v) is 5.72. The van der Waals surface area contributed by atoms with Crippen molar-refractivity contribution in [2.75, 3.05) is 27.2 Å². The number of ether oxygens (including phenoxy) is 2. The molecule has 1 N–H and O–H groups in total. The number of rotatable bonds is 19. The first-order valence-corrected chi connectivity index (χ1v) is 17.3. The second-order valence-corrected chi connectivity index (χ2v) is 13.8. The lowest BCUT2D eigenvalue weighted by atomic mass is 9.92. The topological polar surface area (TPSA) is 122 Å². The van der Waals surface area contributed by atoms with E-state index in [0.717, 1.165) is 23.3 Å². The lowest BCUT2D eigenvalue weighted by Crippen LogP contribution is -2.54. The molecule has 1 fully saturated rings. The maximum atomic E-state index is 13.9. The molecule has 1 heterocycles. The number of nitrogens with one attached hydrogen (secondary N) is 1. The molecule has 1 aliphatic heterocycles. The summed E-state index contributed by atoms with van der Waals surface area (Å²) in [4.78, 5) is 70.3. The van der Waals surface area contributed by atoms with Gasteiger partial charge in [-0.1, -0.05) is 73.4 Å². The predicted molar refractivity (Wildman–Crippen MR) is 192 cm³/mol. The van der Waals surface area contributed by atoms with E-state index in [2.05, 4.69) is 25.1 Å². The summed E-state index contributed by atoms with van der Waals surface area (Å²) in [5.74, 6) is -2.28. The minimum Gasteiger partial charge on any atom is -0.497 e. The fraction of sp³-hybridized carbons (Fsp3) is 0.564. The zero-order chi connectivity index (χ0) is 37.0. The van der Waals surface area contributed by atoms with Crippen LogP contribution in [-0.4, -0.2) is 84.7 Å². The summed E-state index contributed by atoms with van der Waals surface area (Å²) < 4.78 is 10.8. The minimum absolute atomic E-state index is 0.0183. The number of likely N-dealkylation sites (tertiary alicyclic amines) is 1. The second-order valence-electron chi connectivity index (χ2n) is 13.8. The molecule has 49 heavy (non-hydrogen) atoms. The van der Waals surface area contributed by atoms with E-state index in [1.165, 1.54) is 0 Å². The number of hydrogen-bond donors (Lipinski definition) is 1. The van der Waals surface area contributed by atoms with E-state index in [1.807, 2.05) is 52.0 Å². The summed E-state index contributed by atoms with van der Waals surface area (Å²) >= 11 is 0. The molecule has 0 aromatic heterocycles. The van der Waals surface area contributed by atoms with E-state index in [-0.39, 0.29) is 30.1 Å². The van der Waals surface area contributed by atoms with Gasteiger partial charge in [0.2, 0.25) is 17.6 Å². The lowest BCUT2D eigenvalue weighted by Gasteiger charge is -2.32. The van der Waals surface area contributed by atoms with Gasteiger partial charge in [0.1, 0.15) is 17.8 Å². The quantitative estimate of drug-likeness (QED) is 0.0678. The number of nitrogens with zero attached hydrogens (tertiary/aromatic N) is 2. The molecule has 1 aromatic rings. The monoisotopic (exact) mass is 679 g/mol. The van der Waals surface area contributed by atoms with Crippen molar-refractivity contribution in [1.82, 2.24) is 15.1 Å². The minimum atomic E-state index is -1.25. The predicted octanol–water partition coefficient (Wildman–Crippen LogP) is 5.46. The maximum Gasteiger partial charge on any atom is 0.310 e. The van der Waals surface area contributed by atoms with Gasteiger partial charge in [0.05, 0.1) is 19.1 Å². The Morgan fingerprint density at radius 3 is 2.20 bits per heavy atom. The average Bonchev–Trinajstić information content (AvgIpc) is 3.57. The number of allylic oxidation sites excluding steroid dienone is 1. The molecule has 1 saturated heterocycles. The highest BCUT2D eigenvalue weighted by Crippen LogP contribution is 2.25. The van der Waals surface area contributed by atoms with Crippen LogP contribution in [0.15, 0.2) is 60.7 Å². The van der Waals surface area contributed by atoms with Gasteiger partial charge in [-0.25, -0.2) is 0 Å². The van der Waals surface area contributed by atoms with Crippen LogP contribution >= 0.6 is 0 Å². The van der Waals surface area contributed by atoms with Gasteiger partial charge in [0, 0.05) is 20.1 Å². The first-order valence-electron chi connectivity index (χ1n) is 17.3. The molecule has 4 atom stereocenters. The fourth-order valence-electron chi connectivity index (χ4n) is 5.72. The summed E-state index contributed by atoms with van der Waals surface area (Å²) in [6, 6.07) is 6.03. The van der Waals surface area contributed by atoms with Crippen LogP contribution in [0.2, 0.25) is 0 Å². The highest BCUT2D eigenvalue weighted by molar-refractivity contribution is 6.21. The third-order valence-electron chi connectivity index (χ3n) is 9.12.